The van der Waals surface area contributed by atoms with Crippen LogP contribution < -0.4 is 0 Å². The Kier molecular flexibility index (Phi) is 3.51. The predicted molar refractivity (Wildman–Crippen MR) is 49.9 cm³/mol. The summed E-state index contributed by atoms with van der Waals surface area (Å²) < 4.78 is 4.60. The van der Waals surface area contributed by atoms with Gasteiger partial charge in [-0.15, -0.1) is 0 Å². The summed E-state index contributed by atoms with van der Waals surface area (Å²) in [5, 5.41) is 8.73. The third kappa shape index (κ3) is 2.85. The van der Waals surface area contributed by atoms with Gasteiger partial charge in [-0.1, -0.05) is 0 Å². The Morgan fingerprint density at radius 1 is 1.27 bits per heavy atom. The number of esters is 1. The van der Waals surface area contributed by atoms with E-state index in [0.717, 1.165) is 12.2 Å². The standard InChI is InChI=1S/C10H10O5/c1-6(12)15-5-8-3-9(13)7(4-11)2-10(8)14/h2-3,11H,4-5H2,1H3. The van der Waals surface area contributed by atoms with Crippen LogP contribution in [0.1, 0.15) is 6.92 Å². The molecule has 15 heavy (non-hydrogen) atoms. The van der Waals surface area contributed by atoms with Crippen molar-refractivity contribution in [2.24, 2.45) is 0 Å². The normalized spacial score (nSPS) is 15.9. The van der Waals surface area contributed by atoms with Gasteiger partial charge in [0.1, 0.15) is 6.61 Å². The number of ether oxygens (including phenoxy) is 1. The summed E-state index contributed by atoms with van der Waals surface area (Å²) in [5.74, 6) is -1.37. The molecule has 5 nitrogen and oxygen atoms in total. The van der Waals surface area contributed by atoms with E-state index in [-0.39, 0.29) is 17.8 Å². The highest BCUT2D eigenvalue weighted by Gasteiger charge is 2.19. The number of hydrogen-bond acceptors (Lipinski definition) is 5. The van der Waals surface area contributed by atoms with Crippen LogP contribution in [0.15, 0.2) is 23.3 Å². The third-order valence-electron chi connectivity index (χ3n) is 1.84. The van der Waals surface area contributed by atoms with Gasteiger partial charge in [0.15, 0.2) is 11.6 Å². The van der Waals surface area contributed by atoms with Crippen LogP contribution in [-0.4, -0.2) is 35.9 Å². The van der Waals surface area contributed by atoms with Gasteiger partial charge in [-0.3, -0.25) is 14.4 Å². The minimum absolute atomic E-state index is 0.0478. The summed E-state index contributed by atoms with van der Waals surface area (Å²) in [6, 6.07) is 0. The molecule has 0 saturated carbocycles. The predicted octanol–water partition coefficient (Wildman–Crippen LogP) is -0.454. The van der Waals surface area contributed by atoms with Gasteiger partial charge in [-0.25, -0.2) is 0 Å². The summed E-state index contributed by atoms with van der Waals surface area (Å²) in [6.07, 6.45) is 2.14. The second-order valence-electron chi connectivity index (χ2n) is 3.01. The number of rotatable bonds is 3. The molecule has 0 aliphatic heterocycles. The molecule has 0 aromatic carbocycles. The molecule has 0 amide bonds. The van der Waals surface area contributed by atoms with E-state index in [1.807, 2.05) is 0 Å². The van der Waals surface area contributed by atoms with E-state index in [1.54, 1.807) is 0 Å². The number of carbonyl (C=O) groups excluding carboxylic acids is 3. The molecule has 0 unspecified atom stereocenters. The van der Waals surface area contributed by atoms with Crippen molar-refractivity contribution in [1.82, 2.24) is 0 Å². The van der Waals surface area contributed by atoms with E-state index < -0.39 is 24.1 Å². The Balaban J connectivity index is 2.74. The van der Waals surface area contributed by atoms with Gasteiger partial charge in [0.05, 0.1) is 6.61 Å². The van der Waals surface area contributed by atoms with Crippen molar-refractivity contribution in [1.29, 1.82) is 0 Å². The van der Waals surface area contributed by atoms with E-state index in [1.165, 1.54) is 6.92 Å². The first kappa shape index (κ1) is 11.3. The molecule has 0 radical (unpaired) electrons. The number of ketones is 2. The minimum Gasteiger partial charge on any atom is -0.461 e. The maximum Gasteiger partial charge on any atom is 0.302 e. The molecular formula is C10H10O5. The molecule has 0 fully saturated rings. The zero-order valence-electron chi connectivity index (χ0n) is 8.15. The van der Waals surface area contributed by atoms with Gasteiger partial charge in [0, 0.05) is 18.1 Å². The molecule has 1 aliphatic rings. The fraction of sp³-hybridized carbons (Fsp3) is 0.300. The van der Waals surface area contributed by atoms with E-state index >= 15 is 0 Å². The quantitative estimate of drug-likeness (QED) is 0.504. The van der Waals surface area contributed by atoms with Crippen molar-refractivity contribution in [3.63, 3.8) is 0 Å². The monoisotopic (exact) mass is 210 g/mol. The van der Waals surface area contributed by atoms with Crippen LogP contribution in [0.4, 0.5) is 0 Å². The van der Waals surface area contributed by atoms with Crippen molar-refractivity contribution in [2.45, 2.75) is 6.92 Å². The fourth-order valence-electron chi connectivity index (χ4n) is 1.06. The van der Waals surface area contributed by atoms with Crippen molar-refractivity contribution in [3.8, 4) is 0 Å². The van der Waals surface area contributed by atoms with Crippen molar-refractivity contribution in [3.05, 3.63) is 23.3 Å². The van der Waals surface area contributed by atoms with E-state index in [2.05, 4.69) is 4.74 Å². The van der Waals surface area contributed by atoms with E-state index in [0.29, 0.717) is 0 Å². The van der Waals surface area contributed by atoms with Gasteiger partial charge in [-0.2, -0.15) is 0 Å². The van der Waals surface area contributed by atoms with Crippen molar-refractivity contribution in [2.75, 3.05) is 13.2 Å². The lowest BCUT2D eigenvalue weighted by molar-refractivity contribution is -0.140. The zero-order chi connectivity index (χ0) is 11.4. The van der Waals surface area contributed by atoms with Gasteiger partial charge in [0.25, 0.3) is 0 Å². The lowest BCUT2D eigenvalue weighted by atomic mass is 9.98. The summed E-state index contributed by atoms with van der Waals surface area (Å²) in [6.45, 7) is 0.529. The Morgan fingerprint density at radius 2 is 1.80 bits per heavy atom. The first-order valence-electron chi connectivity index (χ1n) is 4.28. The molecule has 0 saturated heterocycles. The maximum atomic E-state index is 11.3. The van der Waals surface area contributed by atoms with Crippen LogP contribution in [0.2, 0.25) is 0 Å². The lowest BCUT2D eigenvalue weighted by Crippen LogP contribution is -2.19. The second kappa shape index (κ2) is 4.65. The smallest absolute Gasteiger partial charge is 0.302 e. The van der Waals surface area contributed by atoms with Gasteiger partial charge in [-0.05, 0) is 12.2 Å². The molecule has 0 atom stereocenters. The topological polar surface area (TPSA) is 80.7 Å². The number of aliphatic hydroxyl groups is 1. The Hall–Kier alpha value is -1.75. The highest BCUT2D eigenvalue weighted by atomic mass is 16.5. The molecule has 5 heteroatoms. The highest BCUT2D eigenvalue weighted by molar-refractivity contribution is 6.20. The molecule has 0 aromatic heterocycles. The number of carbonyl (C=O) groups is 3. The summed E-state index contributed by atoms with van der Waals surface area (Å²) in [4.78, 5) is 33.0. The molecule has 0 heterocycles. The first-order chi connectivity index (χ1) is 7.04. The van der Waals surface area contributed by atoms with E-state index in [4.69, 9.17) is 5.11 Å². The average molecular weight is 210 g/mol. The Bertz CT molecular complexity index is 375. The zero-order valence-corrected chi connectivity index (χ0v) is 8.15. The van der Waals surface area contributed by atoms with Crippen LogP contribution in [0.3, 0.4) is 0 Å². The summed E-state index contributed by atoms with van der Waals surface area (Å²) >= 11 is 0. The first-order valence-corrected chi connectivity index (χ1v) is 4.28. The molecule has 80 valence electrons. The largest absolute Gasteiger partial charge is 0.461 e. The van der Waals surface area contributed by atoms with Crippen LogP contribution in [-0.2, 0) is 19.1 Å². The summed E-state index contributed by atoms with van der Waals surface area (Å²) in [5.41, 5.74) is 0.166. The van der Waals surface area contributed by atoms with Crippen molar-refractivity contribution >= 4 is 17.5 Å². The lowest BCUT2D eigenvalue weighted by Gasteiger charge is -2.10. The fourth-order valence-corrected chi connectivity index (χ4v) is 1.06. The van der Waals surface area contributed by atoms with E-state index in [9.17, 15) is 14.4 Å². The highest BCUT2D eigenvalue weighted by Crippen LogP contribution is 2.11. The average Bonchev–Trinajstić information content (AvgIpc) is 2.18. The Labute approximate surface area is 86.0 Å². The molecule has 0 bridgehead atoms. The summed E-state index contributed by atoms with van der Waals surface area (Å²) in [7, 11) is 0. The number of hydrogen-bond donors (Lipinski definition) is 1. The SMILES string of the molecule is CC(=O)OCC1=CC(=O)C(CO)=CC1=O. The van der Waals surface area contributed by atoms with Gasteiger partial charge in [0.2, 0.25) is 0 Å². The molecule has 1 aliphatic carbocycles. The molecule has 1 rings (SSSR count). The second-order valence-corrected chi connectivity index (χ2v) is 3.01. The minimum atomic E-state index is -0.520. The maximum absolute atomic E-state index is 11.3. The van der Waals surface area contributed by atoms with Crippen LogP contribution in [0, 0.1) is 0 Å². The van der Waals surface area contributed by atoms with Gasteiger partial charge >= 0.3 is 5.97 Å². The molecular weight excluding hydrogens is 200 g/mol. The Morgan fingerprint density at radius 3 is 2.33 bits per heavy atom. The molecule has 0 spiro atoms. The van der Waals surface area contributed by atoms with Crippen molar-refractivity contribution < 1.29 is 24.2 Å². The third-order valence-corrected chi connectivity index (χ3v) is 1.84. The molecule has 1 N–H and O–H groups in total. The van der Waals surface area contributed by atoms with Crippen LogP contribution >= 0.6 is 0 Å². The van der Waals surface area contributed by atoms with Crippen LogP contribution in [0.5, 0.6) is 0 Å². The number of aliphatic hydroxyl groups excluding tert-OH is 1. The molecule has 0 aromatic rings. The van der Waals surface area contributed by atoms with Gasteiger partial charge < -0.3 is 9.84 Å². The number of allylic oxidation sites excluding steroid dienone is 2. The van der Waals surface area contributed by atoms with Crippen LogP contribution in [0.25, 0.3) is 0 Å².